The van der Waals surface area contributed by atoms with Crippen molar-refractivity contribution >= 4 is 0 Å². The van der Waals surface area contributed by atoms with Gasteiger partial charge in [0.1, 0.15) is 0 Å². The lowest BCUT2D eigenvalue weighted by atomic mass is 10.2. The van der Waals surface area contributed by atoms with Crippen molar-refractivity contribution in [2.75, 3.05) is 0 Å². The zero-order valence-electron chi connectivity index (χ0n) is 7.79. The predicted molar refractivity (Wildman–Crippen MR) is 53.4 cm³/mol. The molecule has 1 rings (SSSR count). The van der Waals surface area contributed by atoms with E-state index in [0.29, 0.717) is 13.1 Å². The van der Waals surface area contributed by atoms with Crippen LogP contribution in [0, 0.1) is 0 Å². The first-order valence-corrected chi connectivity index (χ1v) is 4.17. The summed E-state index contributed by atoms with van der Waals surface area (Å²) < 4.78 is 1.62. The largest absolute Gasteiger partial charge is 0.326 e. The van der Waals surface area contributed by atoms with Crippen molar-refractivity contribution in [1.29, 1.82) is 0 Å². The zero-order valence-corrected chi connectivity index (χ0v) is 7.79. The fourth-order valence-electron chi connectivity index (χ4n) is 1.12. The van der Waals surface area contributed by atoms with Gasteiger partial charge < -0.3 is 10.3 Å². The van der Waals surface area contributed by atoms with Crippen molar-refractivity contribution in [3.8, 4) is 0 Å². The average molecular weight is 178 g/mol. The summed E-state index contributed by atoms with van der Waals surface area (Å²) in [6.07, 6.45) is 1.77. The number of allylic oxidation sites excluding steroid dienone is 1. The van der Waals surface area contributed by atoms with Crippen LogP contribution in [-0.2, 0) is 13.1 Å². The van der Waals surface area contributed by atoms with Crippen LogP contribution >= 0.6 is 0 Å². The van der Waals surface area contributed by atoms with E-state index in [1.54, 1.807) is 16.8 Å². The van der Waals surface area contributed by atoms with Crippen molar-refractivity contribution in [3.05, 3.63) is 46.4 Å². The molecule has 0 aliphatic rings. The summed E-state index contributed by atoms with van der Waals surface area (Å²) in [6.45, 7) is 6.66. The molecule has 1 aromatic rings. The highest BCUT2D eigenvalue weighted by atomic mass is 16.1. The van der Waals surface area contributed by atoms with Crippen LogP contribution in [0.1, 0.15) is 12.5 Å². The maximum atomic E-state index is 11.3. The van der Waals surface area contributed by atoms with Gasteiger partial charge in [-0.3, -0.25) is 4.79 Å². The SMILES string of the molecule is C=C(C)Cn1cc(CN)ccc1=O. The minimum atomic E-state index is -0.0137. The molecular formula is C10H14N2O. The number of pyridine rings is 1. The standard InChI is InChI=1S/C10H14N2O/c1-8(2)6-12-7-9(5-11)3-4-10(12)13/h3-4,7H,1,5-6,11H2,2H3. The van der Waals surface area contributed by atoms with Gasteiger partial charge in [-0.15, -0.1) is 0 Å². The van der Waals surface area contributed by atoms with Gasteiger partial charge in [0.05, 0.1) is 0 Å². The number of nitrogens with zero attached hydrogens (tertiary/aromatic N) is 1. The van der Waals surface area contributed by atoms with E-state index in [9.17, 15) is 4.79 Å². The number of aromatic nitrogens is 1. The van der Waals surface area contributed by atoms with Gasteiger partial charge >= 0.3 is 0 Å². The molecule has 3 heteroatoms. The maximum Gasteiger partial charge on any atom is 0.250 e. The van der Waals surface area contributed by atoms with Crippen molar-refractivity contribution < 1.29 is 0 Å². The number of rotatable bonds is 3. The third-order valence-corrected chi connectivity index (χ3v) is 1.72. The second-order valence-corrected chi connectivity index (χ2v) is 3.16. The first kappa shape index (κ1) is 9.74. The van der Waals surface area contributed by atoms with Crippen molar-refractivity contribution in [2.45, 2.75) is 20.0 Å². The Morgan fingerprint density at radius 2 is 2.31 bits per heavy atom. The molecule has 0 atom stereocenters. The number of hydrogen-bond acceptors (Lipinski definition) is 2. The summed E-state index contributed by atoms with van der Waals surface area (Å²) in [4.78, 5) is 11.3. The normalized spacial score (nSPS) is 10.0. The summed E-state index contributed by atoms with van der Waals surface area (Å²) in [5, 5.41) is 0. The van der Waals surface area contributed by atoms with Gasteiger partial charge in [0.15, 0.2) is 0 Å². The lowest BCUT2D eigenvalue weighted by Crippen LogP contribution is -2.20. The topological polar surface area (TPSA) is 48.0 Å². The molecule has 0 amide bonds. The molecule has 0 bridgehead atoms. The summed E-state index contributed by atoms with van der Waals surface area (Å²) in [5.41, 5.74) is 7.36. The number of hydrogen-bond donors (Lipinski definition) is 1. The molecule has 13 heavy (non-hydrogen) atoms. The van der Waals surface area contributed by atoms with Gasteiger partial charge in [0, 0.05) is 25.4 Å². The van der Waals surface area contributed by atoms with Gasteiger partial charge in [-0.25, -0.2) is 0 Å². The predicted octanol–water partition coefficient (Wildman–Crippen LogP) is 0.883. The van der Waals surface area contributed by atoms with E-state index in [-0.39, 0.29) is 5.56 Å². The molecule has 0 aliphatic carbocycles. The van der Waals surface area contributed by atoms with E-state index in [1.165, 1.54) is 6.07 Å². The van der Waals surface area contributed by atoms with E-state index in [4.69, 9.17) is 5.73 Å². The molecule has 3 nitrogen and oxygen atoms in total. The van der Waals surface area contributed by atoms with Gasteiger partial charge in [-0.05, 0) is 12.5 Å². The number of nitrogens with two attached hydrogens (primary N) is 1. The van der Waals surface area contributed by atoms with E-state index >= 15 is 0 Å². The Kier molecular flexibility index (Phi) is 3.03. The molecule has 0 saturated carbocycles. The fraction of sp³-hybridized carbons (Fsp3) is 0.300. The van der Waals surface area contributed by atoms with Crippen LogP contribution in [0.4, 0.5) is 0 Å². The Morgan fingerprint density at radius 1 is 1.62 bits per heavy atom. The van der Waals surface area contributed by atoms with Crippen LogP contribution in [0.15, 0.2) is 35.3 Å². The van der Waals surface area contributed by atoms with Crippen molar-refractivity contribution in [1.82, 2.24) is 4.57 Å². The molecule has 0 aliphatic heterocycles. The van der Waals surface area contributed by atoms with Crippen LogP contribution in [0.25, 0.3) is 0 Å². The smallest absolute Gasteiger partial charge is 0.250 e. The Morgan fingerprint density at radius 3 is 2.85 bits per heavy atom. The summed E-state index contributed by atoms with van der Waals surface area (Å²) >= 11 is 0. The molecule has 70 valence electrons. The molecule has 0 unspecified atom stereocenters. The van der Waals surface area contributed by atoms with Crippen molar-refractivity contribution in [2.24, 2.45) is 5.73 Å². The summed E-state index contributed by atoms with van der Waals surface area (Å²) in [7, 11) is 0. The molecule has 0 spiro atoms. The van der Waals surface area contributed by atoms with Crippen LogP contribution in [0.5, 0.6) is 0 Å². The van der Waals surface area contributed by atoms with Crippen LogP contribution < -0.4 is 11.3 Å². The lowest BCUT2D eigenvalue weighted by molar-refractivity contribution is 0.738. The Labute approximate surface area is 77.5 Å². The molecular weight excluding hydrogens is 164 g/mol. The van der Waals surface area contributed by atoms with Crippen molar-refractivity contribution in [3.63, 3.8) is 0 Å². The molecule has 0 saturated heterocycles. The van der Waals surface area contributed by atoms with Crippen LogP contribution in [0.2, 0.25) is 0 Å². The molecule has 1 aromatic heterocycles. The first-order valence-electron chi connectivity index (χ1n) is 4.17. The van der Waals surface area contributed by atoms with Gasteiger partial charge in [-0.1, -0.05) is 18.2 Å². The highest BCUT2D eigenvalue weighted by molar-refractivity contribution is 5.10. The second kappa shape index (κ2) is 4.05. The second-order valence-electron chi connectivity index (χ2n) is 3.16. The van der Waals surface area contributed by atoms with E-state index in [0.717, 1.165) is 11.1 Å². The van der Waals surface area contributed by atoms with E-state index < -0.39 is 0 Å². The Balaban J connectivity index is 3.04. The van der Waals surface area contributed by atoms with Gasteiger partial charge in [0.25, 0.3) is 5.56 Å². The molecule has 2 N–H and O–H groups in total. The van der Waals surface area contributed by atoms with Gasteiger partial charge in [0.2, 0.25) is 0 Å². The monoisotopic (exact) mass is 178 g/mol. The van der Waals surface area contributed by atoms with Crippen LogP contribution in [0.3, 0.4) is 0 Å². The third kappa shape index (κ3) is 2.56. The quantitative estimate of drug-likeness (QED) is 0.698. The molecule has 0 aromatic carbocycles. The van der Waals surface area contributed by atoms with E-state index in [1.807, 2.05) is 6.92 Å². The molecule has 1 heterocycles. The van der Waals surface area contributed by atoms with Crippen LogP contribution in [-0.4, -0.2) is 4.57 Å². The minimum Gasteiger partial charge on any atom is -0.326 e. The Bertz CT molecular complexity index is 365. The minimum absolute atomic E-state index is 0.0137. The zero-order chi connectivity index (χ0) is 9.84. The fourth-order valence-corrected chi connectivity index (χ4v) is 1.12. The maximum absolute atomic E-state index is 11.3. The molecule has 0 radical (unpaired) electrons. The Hall–Kier alpha value is -1.35. The lowest BCUT2D eigenvalue weighted by Gasteiger charge is -2.06. The summed E-state index contributed by atoms with van der Waals surface area (Å²) in [6, 6.07) is 3.28. The average Bonchev–Trinajstić information content (AvgIpc) is 2.08. The van der Waals surface area contributed by atoms with Gasteiger partial charge in [-0.2, -0.15) is 0 Å². The molecule has 0 fully saturated rings. The van der Waals surface area contributed by atoms with E-state index in [2.05, 4.69) is 6.58 Å². The third-order valence-electron chi connectivity index (χ3n) is 1.72. The summed E-state index contributed by atoms with van der Waals surface area (Å²) in [5.74, 6) is 0. The highest BCUT2D eigenvalue weighted by Crippen LogP contribution is 1.97. The first-order chi connectivity index (χ1) is 6.13. The highest BCUT2D eigenvalue weighted by Gasteiger charge is 1.96.